The minimum Gasteiger partial charge on any atom is -0.451 e. The lowest BCUT2D eigenvalue weighted by molar-refractivity contribution is -0.121. The number of anilines is 1. The first-order valence-corrected chi connectivity index (χ1v) is 10.0. The Morgan fingerprint density at radius 3 is 2.81 bits per heavy atom. The fourth-order valence-corrected chi connectivity index (χ4v) is 4.91. The summed E-state index contributed by atoms with van der Waals surface area (Å²) in [5.41, 5.74) is 2.02. The van der Waals surface area contributed by atoms with Crippen molar-refractivity contribution in [3.8, 4) is 0 Å². The number of para-hydroxylation sites is 1. The van der Waals surface area contributed by atoms with Crippen molar-refractivity contribution in [1.29, 1.82) is 0 Å². The number of fused-ring (bicyclic) bond motifs is 2. The number of carbonyl (C=O) groups is 2. The van der Waals surface area contributed by atoms with Crippen LogP contribution in [0.4, 0.5) is 5.69 Å². The minimum atomic E-state index is -0.601. The van der Waals surface area contributed by atoms with Crippen LogP contribution in [0, 0.1) is 0 Å². The number of ether oxygens (including phenoxy) is 1. The number of hydrogen-bond acceptors (Lipinski definition) is 4. The van der Waals surface area contributed by atoms with Gasteiger partial charge in [0.1, 0.15) is 4.88 Å². The number of amides is 1. The van der Waals surface area contributed by atoms with Gasteiger partial charge in [0.15, 0.2) is 6.61 Å². The average molecular weight is 420 g/mol. The summed E-state index contributed by atoms with van der Waals surface area (Å²) in [5.74, 6) is -0.841. The number of hydrogen-bond donors (Lipinski definition) is 0. The van der Waals surface area contributed by atoms with Crippen LogP contribution in [0.15, 0.2) is 42.5 Å². The molecule has 7 heteroatoms. The highest BCUT2D eigenvalue weighted by molar-refractivity contribution is 7.21. The van der Waals surface area contributed by atoms with Crippen molar-refractivity contribution in [3.63, 3.8) is 0 Å². The number of thiophene rings is 1. The van der Waals surface area contributed by atoms with Crippen molar-refractivity contribution < 1.29 is 14.3 Å². The summed E-state index contributed by atoms with van der Waals surface area (Å²) in [4.78, 5) is 27.0. The molecule has 1 aliphatic heterocycles. The van der Waals surface area contributed by atoms with E-state index in [1.165, 1.54) is 11.3 Å². The number of benzene rings is 2. The van der Waals surface area contributed by atoms with E-state index in [-0.39, 0.29) is 17.4 Å². The zero-order valence-electron chi connectivity index (χ0n) is 14.2. The van der Waals surface area contributed by atoms with Gasteiger partial charge in [-0.05, 0) is 36.6 Å². The van der Waals surface area contributed by atoms with Gasteiger partial charge in [-0.3, -0.25) is 4.79 Å². The zero-order chi connectivity index (χ0) is 19.0. The van der Waals surface area contributed by atoms with Crippen molar-refractivity contribution in [2.45, 2.75) is 12.8 Å². The highest BCUT2D eigenvalue weighted by Crippen LogP contribution is 2.37. The summed E-state index contributed by atoms with van der Waals surface area (Å²) in [6.07, 6.45) is 1.83. The van der Waals surface area contributed by atoms with Gasteiger partial charge in [-0.25, -0.2) is 4.79 Å². The molecule has 4 nitrogen and oxygen atoms in total. The molecule has 0 N–H and O–H groups in total. The van der Waals surface area contributed by atoms with Crippen LogP contribution in [-0.4, -0.2) is 25.0 Å². The Morgan fingerprint density at radius 2 is 1.96 bits per heavy atom. The first-order valence-electron chi connectivity index (χ1n) is 8.47. The fourth-order valence-electron chi connectivity index (χ4n) is 3.23. The first-order chi connectivity index (χ1) is 13.0. The summed E-state index contributed by atoms with van der Waals surface area (Å²) in [6, 6.07) is 13.0. The van der Waals surface area contributed by atoms with Crippen LogP contribution in [0.25, 0.3) is 10.1 Å². The van der Waals surface area contributed by atoms with Crippen molar-refractivity contribution in [2.75, 3.05) is 18.1 Å². The second kappa shape index (κ2) is 7.50. The SMILES string of the molecule is O=C(OCC(=O)N1CCCc2ccccc21)c1sc2cc(Cl)ccc2c1Cl. The van der Waals surface area contributed by atoms with E-state index < -0.39 is 5.97 Å². The van der Waals surface area contributed by atoms with Gasteiger partial charge in [0.2, 0.25) is 0 Å². The molecule has 1 aromatic heterocycles. The standard InChI is InChI=1S/C20H15Cl2NO3S/c21-13-7-8-14-16(10-13)27-19(18(14)22)20(25)26-11-17(24)23-9-3-5-12-4-1-2-6-15(12)23/h1-2,4,6-8,10H,3,5,9,11H2. The third kappa shape index (κ3) is 3.55. The van der Waals surface area contributed by atoms with E-state index in [2.05, 4.69) is 0 Å². The molecule has 0 radical (unpaired) electrons. The maximum absolute atomic E-state index is 12.6. The van der Waals surface area contributed by atoms with E-state index in [4.69, 9.17) is 27.9 Å². The molecule has 0 unspecified atom stereocenters. The number of esters is 1. The molecule has 0 saturated heterocycles. The van der Waals surface area contributed by atoms with Gasteiger partial charge in [-0.1, -0.05) is 47.5 Å². The molecule has 2 aromatic carbocycles. The third-order valence-electron chi connectivity index (χ3n) is 4.51. The monoisotopic (exact) mass is 419 g/mol. The normalized spacial score (nSPS) is 13.5. The predicted octanol–water partition coefficient (Wildman–Crippen LogP) is 5.34. The Kier molecular flexibility index (Phi) is 5.08. The lowest BCUT2D eigenvalue weighted by atomic mass is 10.0. The number of aryl methyl sites for hydroxylation is 1. The molecule has 0 bridgehead atoms. The van der Waals surface area contributed by atoms with E-state index in [9.17, 15) is 9.59 Å². The van der Waals surface area contributed by atoms with Crippen molar-refractivity contribution in [3.05, 3.63) is 63.0 Å². The molecule has 1 amide bonds. The fraction of sp³-hybridized carbons (Fsp3) is 0.200. The van der Waals surface area contributed by atoms with Crippen molar-refractivity contribution >= 4 is 62.2 Å². The molecule has 27 heavy (non-hydrogen) atoms. The van der Waals surface area contributed by atoms with Gasteiger partial charge in [-0.2, -0.15) is 0 Å². The summed E-state index contributed by atoms with van der Waals surface area (Å²) in [5, 5.41) is 1.64. The van der Waals surface area contributed by atoms with Crippen LogP contribution < -0.4 is 4.90 Å². The quantitative estimate of drug-likeness (QED) is 0.537. The lowest BCUT2D eigenvalue weighted by Crippen LogP contribution is -2.38. The van der Waals surface area contributed by atoms with E-state index in [1.54, 1.807) is 23.1 Å². The maximum atomic E-state index is 12.6. The molecule has 3 aromatic rings. The van der Waals surface area contributed by atoms with Crippen LogP contribution in [0.3, 0.4) is 0 Å². The van der Waals surface area contributed by atoms with Gasteiger partial charge in [-0.15, -0.1) is 11.3 Å². The van der Waals surface area contributed by atoms with Crippen LogP contribution in [0.2, 0.25) is 10.0 Å². The van der Waals surface area contributed by atoms with Crippen LogP contribution in [0.1, 0.15) is 21.7 Å². The average Bonchev–Trinajstić information content (AvgIpc) is 3.01. The molecular weight excluding hydrogens is 405 g/mol. The third-order valence-corrected chi connectivity index (χ3v) is 6.39. The summed E-state index contributed by atoms with van der Waals surface area (Å²) < 4.78 is 6.06. The highest BCUT2D eigenvalue weighted by Gasteiger charge is 2.24. The van der Waals surface area contributed by atoms with Gasteiger partial charge < -0.3 is 9.64 Å². The van der Waals surface area contributed by atoms with Gasteiger partial charge in [0.25, 0.3) is 5.91 Å². The van der Waals surface area contributed by atoms with E-state index >= 15 is 0 Å². The van der Waals surface area contributed by atoms with Crippen LogP contribution in [-0.2, 0) is 16.0 Å². The molecule has 0 spiro atoms. The van der Waals surface area contributed by atoms with E-state index in [0.717, 1.165) is 34.2 Å². The summed E-state index contributed by atoms with van der Waals surface area (Å²) >= 11 is 13.5. The van der Waals surface area contributed by atoms with Gasteiger partial charge in [0, 0.05) is 27.3 Å². The first kappa shape index (κ1) is 18.3. The topological polar surface area (TPSA) is 46.6 Å². The molecule has 1 aliphatic rings. The number of rotatable bonds is 3. The lowest BCUT2D eigenvalue weighted by Gasteiger charge is -2.29. The van der Waals surface area contributed by atoms with Crippen LogP contribution in [0.5, 0.6) is 0 Å². The number of carbonyl (C=O) groups excluding carboxylic acids is 2. The number of halogens is 2. The molecule has 138 valence electrons. The van der Waals surface area contributed by atoms with Crippen LogP contribution >= 0.6 is 34.5 Å². The predicted molar refractivity (Wildman–Crippen MR) is 109 cm³/mol. The van der Waals surface area contributed by atoms with E-state index in [1.807, 2.05) is 24.3 Å². The Morgan fingerprint density at radius 1 is 1.15 bits per heavy atom. The highest BCUT2D eigenvalue weighted by atomic mass is 35.5. The number of nitrogens with zero attached hydrogens (tertiary/aromatic N) is 1. The van der Waals surface area contributed by atoms with Crippen molar-refractivity contribution in [2.24, 2.45) is 0 Å². The Hall–Kier alpha value is -2.08. The molecule has 0 saturated carbocycles. The Bertz CT molecular complexity index is 1050. The van der Waals surface area contributed by atoms with Gasteiger partial charge >= 0.3 is 5.97 Å². The summed E-state index contributed by atoms with van der Waals surface area (Å²) in [6.45, 7) is 0.300. The molecular formula is C20H15Cl2NO3S. The molecule has 0 fully saturated rings. The molecule has 0 atom stereocenters. The largest absolute Gasteiger partial charge is 0.451 e. The Balaban J connectivity index is 1.49. The zero-order valence-corrected chi connectivity index (χ0v) is 16.5. The molecule has 2 heterocycles. The molecule has 0 aliphatic carbocycles. The molecule has 4 rings (SSSR count). The van der Waals surface area contributed by atoms with Gasteiger partial charge in [0.05, 0.1) is 5.02 Å². The maximum Gasteiger partial charge on any atom is 0.350 e. The smallest absolute Gasteiger partial charge is 0.350 e. The second-order valence-corrected chi connectivity index (χ2v) is 8.11. The summed E-state index contributed by atoms with van der Waals surface area (Å²) in [7, 11) is 0. The Labute approximate surface area is 170 Å². The van der Waals surface area contributed by atoms with E-state index in [0.29, 0.717) is 16.6 Å². The van der Waals surface area contributed by atoms with Crippen molar-refractivity contribution in [1.82, 2.24) is 0 Å². The minimum absolute atomic E-state index is 0.240. The second-order valence-electron chi connectivity index (χ2n) is 6.24.